The number of carbonyl (C=O) groups excluding carboxylic acids is 1. The number of thiazole rings is 1. The predicted octanol–water partition coefficient (Wildman–Crippen LogP) is 2.79. The maximum atomic E-state index is 12.8. The molecule has 164 valence electrons. The van der Waals surface area contributed by atoms with Crippen molar-refractivity contribution in [1.29, 1.82) is 0 Å². The van der Waals surface area contributed by atoms with Gasteiger partial charge < -0.3 is 14.0 Å². The number of ether oxygens (including phenoxy) is 2. The van der Waals surface area contributed by atoms with Crippen LogP contribution in [0.15, 0.2) is 46.3 Å². The third-order valence-electron chi connectivity index (χ3n) is 4.77. The van der Waals surface area contributed by atoms with Crippen LogP contribution in [0.4, 0.5) is 0 Å². The number of nitrogens with zero attached hydrogens (tertiary/aromatic N) is 3. The first-order valence-electron chi connectivity index (χ1n) is 9.35. The number of sulfonamides is 1. The number of thioether (sulfide) groups is 1. The molecule has 0 aliphatic carbocycles. The fourth-order valence-corrected chi connectivity index (χ4v) is 5.41. The lowest BCUT2D eigenvalue weighted by Crippen LogP contribution is -2.22. The third-order valence-corrected chi connectivity index (χ3v) is 8.23. The van der Waals surface area contributed by atoms with E-state index in [1.54, 1.807) is 11.8 Å². The molecule has 1 aliphatic heterocycles. The fourth-order valence-electron chi connectivity index (χ4n) is 3.08. The minimum absolute atomic E-state index is 0.125. The number of rotatable bonds is 6. The SMILES string of the molecule is CSCCn1c(=NC(=O)c2ccc(S(=O)(=O)N(C)C)cc2)sc2cc3c(cc21)OCO3. The van der Waals surface area contributed by atoms with Gasteiger partial charge in [0.05, 0.1) is 15.1 Å². The van der Waals surface area contributed by atoms with Gasteiger partial charge in [0.1, 0.15) is 0 Å². The van der Waals surface area contributed by atoms with Gasteiger partial charge in [0.15, 0.2) is 16.3 Å². The average molecular weight is 480 g/mol. The molecule has 2 aromatic carbocycles. The van der Waals surface area contributed by atoms with Gasteiger partial charge in [0.2, 0.25) is 16.8 Å². The number of benzene rings is 2. The molecule has 3 aromatic rings. The minimum atomic E-state index is -3.55. The van der Waals surface area contributed by atoms with Crippen molar-refractivity contribution in [1.82, 2.24) is 8.87 Å². The number of aromatic nitrogens is 1. The van der Waals surface area contributed by atoms with Crippen molar-refractivity contribution in [3.63, 3.8) is 0 Å². The van der Waals surface area contributed by atoms with E-state index in [1.807, 2.05) is 23.0 Å². The lowest BCUT2D eigenvalue weighted by molar-refractivity contribution is 0.0997. The fraction of sp³-hybridized carbons (Fsp3) is 0.300. The van der Waals surface area contributed by atoms with Crippen LogP contribution in [0.5, 0.6) is 11.5 Å². The largest absolute Gasteiger partial charge is 0.454 e. The molecule has 0 bridgehead atoms. The molecule has 0 spiro atoms. The van der Waals surface area contributed by atoms with E-state index in [2.05, 4.69) is 4.99 Å². The zero-order valence-corrected chi connectivity index (χ0v) is 19.6. The van der Waals surface area contributed by atoms with Crippen LogP contribution in [-0.4, -0.2) is 56.1 Å². The van der Waals surface area contributed by atoms with Crippen molar-refractivity contribution in [3.8, 4) is 11.5 Å². The Bertz CT molecular complexity index is 1310. The molecular formula is C20H21N3O5S3. The number of hydrogen-bond acceptors (Lipinski definition) is 7. The van der Waals surface area contributed by atoms with Crippen molar-refractivity contribution >= 4 is 49.2 Å². The molecule has 11 heteroatoms. The zero-order chi connectivity index (χ0) is 22.2. The van der Waals surface area contributed by atoms with Crippen LogP contribution in [0.3, 0.4) is 0 Å². The van der Waals surface area contributed by atoms with Crippen LogP contribution in [0, 0.1) is 0 Å². The Labute approximate surface area is 188 Å². The summed E-state index contributed by atoms with van der Waals surface area (Å²) in [6.45, 7) is 0.889. The van der Waals surface area contributed by atoms with Gasteiger partial charge in [-0.1, -0.05) is 11.3 Å². The summed E-state index contributed by atoms with van der Waals surface area (Å²) in [4.78, 5) is 17.9. The first kappa shape index (κ1) is 21.9. The van der Waals surface area contributed by atoms with Crippen molar-refractivity contribution in [3.05, 3.63) is 46.8 Å². The molecule has 0 fully saturated rings. The molecule has 0 radical (unpaired) electrons. The molecule has 4 rings (SSSR count). The topological polar surface area (TPSA) is 90.2 Å². The second-order valence-electron chi connectivity index (χ2n) is 6.93. The molecule has 31 heavy (non-hydrogen) atoms. The van der Waals surface area contributed by atoms with Crippen LogP contribution in [0.2, 0.25) is 0 Å². The van der Waals surface area contributed by atoms with E-state index in [0.717, 1.165) is 20.3 Å². The van der Waals surface area contributed by atoms with Gasteiger partial charge in [-0.05, 0) is 30.5 Å². The molecule has 0 saturated carbocycles. The quantitative estimate of drug-likeness (QED) is 0.540. The normalized spacial score (nSPS) is 14.0. The highest BCUT2D eigenvalue weighted by Crippen LogP contribution is 2.37. The van der Waals surface area contributed by atoms with E-state index in [-0.39, 0.29) is 11.7 Å². The Balaban J connectivity index is 1.73. The van der Waals surface area contributed by atoms with E-state index in [4.69, 9.17) is 9.47 Å². The molecule has 8 nitrogen and oxygen atoms in total. The molecule has 0 N–H and O–H groups in total. The molecule has 0 saturated heterocycles. The van der Waals surface area contributed by atoms with E-state index < -0.39 is 15.9 Å². The van der Waals surface area contributed by atoms with E-state index in [9.17, 15) is 13.2 Å². The Morgan fingerprint density at radius 1 is 1.19 bits per heavy atom. The Morgan fingerprint density at radius 3 is 2.52 bits per heavy atom. The van der Waals surface area contributed by atoms with E-state index in [0.29, 0.717) is 28.4 Å². The summed E-state index contributed by atoms with van der Waals surface area (Å²) in [5.41, 5.74) is 1.25. The summed E-state index contributed by atoms with van der Waals surface area (Å²) < 4.78 is 39.5. The Hall–Kier alpha value is -2.34. The van der Waals surface area contributed by atoms with Gasteiger partial charge in [0, 0.05) is 44.1 Å². The first-order valence-corrected chi connectivity index (χ1v) is 13.0. The Kier molecular flexibility index (Phi) is 6.11. The van der Waals surface area contributed by atoms with Crippen molar-refractivity contribution in [2.75, 3.05) is 32.9 Å². The molecule has 2 heterocycles. The third kappa shape index (κ3) is 4.22. The second-order valence-corrected chi connectivity index (χ2v) is 11.1. The molecule has 1 aliphatic rings. The minimum Gasteiger partial charge on any atom is -0.454 e. The van der Waals surface area contributed by atoms with Crippen molar-refractivity contribution < 1.29 is 22.7 Å². The van der Waals surface area contributed by atoms with Gasteiger partial charge in [-0.2, -0.15) is 16.8 Å². The molecule has 1 aromatic heterocycles. The lowest BCUT2D eigenvalue weighted by Gasteiger charge is -2.11. The maximum absolute atomic E-state index is 12.8. The van der Waals surface area contributed by atoms with E-state index in [1.165, 1.54) is 49.7 Å². The highest BCUT2D eigenvalue weighted by molar-refractivity contribution is 7.98. The van der Waals surface area contributed by atoms with Crippen molar-refractivity contribution in [2.45, 2.75) is 11.4 Å². The molecule has 0 unspecified atom stereocenters. The van der Waals surface area contributed by atoms with Gasteiger partial charge in [-0.25, -0.2) is 12.7 Å². The summed E-state index contributed by atoms with van der Waals surface area (Å²) in [6.07, 6.45) is 2.02. The van der Waals surface area contributed by atoms with Gasteiger partial charge in [-0.15, -0.1) is 0 Å². The monoisotopic (exact) mass is 479 g/mol. The smallest absolute Gasteiger partial charge is 0.279 e. The van der Waals surface area contributed by atoms with Gasteiger partial charge in [0.25, 0.3) is 5.91 Å². The highest BCUT2D eigenvalue weighted by Gasteiger charge is 2.19. The van der Waals surface area contributed by atoms with Crippen LogP contribution < -0.4 is 14.3 Å². The average Bonchev–Trinajstić information content (AvgIpc) is 3.33. The van der Waals surface area contributed by atoms with E-state index >= 15 is 0 Å². The highest BCUT2D eigenvalue weighted by atomic mass is 32.2. The zero-order valence-electron chi connectivity index (χ0n) is 17.2. The summed E-state index contributed by atoms with van der Waals surface area (Å²) in [7, 11) is -0.629. The number of aryl methyl sites for hydroxylation is 1. The first-order chi connectivity index (χ1) is 14.8. The van der Waals surface area contributed by atoms with Gasteiger partial charge >= 0.3 is 0 Å². The lowest BCUT2D eigenvalue weighted by atomic mass is 10.2. The van der Waals surface area contributed by atoms with Crippen molar-refractivity contribution in [2.24, 2.45) is 4.99 Å². The summed E-state index contributed by atoms with van der Waals surface area (Å²) >= 11 is 3.11. The van der Waals surface area contributed by atoms with Crippen LogP contribution in [0.1, 0.15) is 10.4 Å². The number of amides is 1. The summed E-state index contributed by atoms with van der Waals surface area (Å²) in [5, 5.41) is 0. The Morgan fingerprint density at radius 2 is 1.87 bits per heavy atom. The maximum Gasteiger partial charge on any atom is 0.279 e. The predicted molar refractivity (Wildman–Crippen MR) is 122 cm³/mol. The van der Waals surface area contributed by atoms with Gasteiger partial charge in [-0.3, -0.25) is 4.79 Å². The molecule has 0 atom stereocenters. The molecular weight excluding hydrogens is 458 g/mol. The molecule has 1 amide bonds. The van der Waals surface area contributed by atoms with Crippen LogP contribution in [-0.2, 0) is 16.6 Å². The van der Waals surface area contributed by atoms with Crippen LogP contribution >= 0.6 is 23.1 Å². The second kappa shape index (κ2) is 8.65. The number of fused-ring (bicyclic) bond motifs is 2. The summed E-state index contributed by atoms with van der Waals surface area (Å²) in [6, 6.07) is 9.63. The van der Waals surface area contributed by atoms with Crippen LogP contribution in [0.25, 0.3) is 10.2 Å². The summed E-state index contributed by atoms with van der Waals surface area (Å²) in [5.74, 6) is 1.79. The standard InChI is InChI=1S/C20H21N3O5S3/c1-22(2)31(25,26)14-6-4-13(5-7-14)19(24)21-20-23(8-9-29-3)15-10-16-17(28-12-27-16)11-18(15)30-20/h4-7,10-11H,8-9,12H2,1-3H3. The number of hydrogen-bond donors (Lipinski definition) is 0. The number of carbonyl (C=O) groups is 1.